The second-order valence-electron chi connectivity index (χ2n) is 27.7. The van der Waals surface area contributed by atoms with Crippen LogP contribution in [0.15, 0.2) is 262 Å². The van der Waals surface area contributed by atoms with Gasteiger partial charge in [-0.15, -0.1) is 0 Å². The van der Waals surface area contributed by atoms with Crippen molar-refractivity contribution in [2.24, 2.45) is 25.0 Å². The minimum atomic E-state index is -0.438. The second kappa shape index (κ2) is 44.6. The summed E-state index contributed by atoms with van der Waals surface area (Å²) in [4.78, 5) is 32.1. The number of fused-ring (bicyclic) bond motifs is 1. The molecule has 126 heavy (non-hydrogen) atoms. The summed E-state index contributed by atoms with van der Waals surface area (Å²) in [7, 11) is 1.62. The number of aromatic amines is 5. The lowest BCUT2D eigenvalue weighted by Gasteiger charge is -2.19. The number of nitro groups is 1. The number of hydrogen-bond acceptors (Lipinski definition) is 20. The van der Waals surface area contributed by atoms with E-state index in [4.69, 9.17) is 60.6 Å². The van der Waals surface area contributed by atoms with E-state index in [2.05, 4.69) is 106 Å². The average molecular weight is 1750 g/mol. The number of hydrogen-bond donors (Lipinski definition) is 5. The van der Waals surface area contributed by atoms with Crippen LogP contribution in [0.2, 0.25) is 20.1 Å². The van der Waals surface area contributed by atoms with E-state index in [0.29, 0.717) is 137 Å². The van der Waals surface area contributed by atoms with Crippen LogP contribution >= 0.6 is 46.4 Å². The third-order valence-corrected chi connectivity index (χ3v) is 19.9. The van der Waals surface area contributed by atoms with Crippen molar-refractivity contribution in [2.45, 2.75) is 52.6 Å². The fourth-order valence-electron chi connectivity index (χ4n) is 12.3. The Labute approximate surface area is 742 Å². The molecule has 0 fully saturated rings. The van der Waals surface area contributed by atoms with E-state index >= 15 is 0 Å². The summed E-state index contributed by atoms with van der Waals surface area (Å²) in [5.74, 6) is 2.59. The first kappa shape index (κ1) is 89.4. The summed E-state index contributed by atoms with van der Waals surface area (Å²) in [5, 5.41) is 96.1. The molecular formula is C95H72Cl4FN21O5. The quantitative estimate of drug-likeness (QED) is 0.0239. The largest absolute Gasteiger partial charge is 0.497 e. The Hall–Kier alpha value is -15.9. The number of methoxy groups -OCH3 is 1. The van der Waals surface area contributed by atoms with Crippen molar-refractivity contribution in [3.8, 4) is 41.8 Å². The molecule has 0 aliphatic carbocycles. The number of rotatable bonds is 22. The minimum absolute atomic E-state index is 0.0184. The van der Waals surface area contributed by atoms with Gasteiger partial charge in [0.1, 0.15) is 75.5 Å². The minimum Gasteiger partial charge on any atom is -0.497 e. The Balaban J connectivity index is 0.000000143. The predicted octanol–water partition coefficient (Wildman–Crippen LogP) is 21.3. The zero-order valence-corrected chi connectivity index (χ0v) is 70.5. The SMILES string of the molecule is COc1ccc(C=Nc2n[nH]c(Cc3ccc(Cl)cc3)c2C#N)cc1.Cc1ccc(C=Nc2n[nH]c(Cc3ccc(Cl)cc3)c2C#N)cc1.Cc1ccc(C=Nc2n[nH]c(Cc3ccc(Cl)cc3)c2C#N)cc1[N+](=O)[O-].N#Cc1c(N=Cc2cc(F)cc3c2OCOC3)n[nH]c1Cc1ccccc1.N#Cc1c(N=Cc2ccccc2)n[nH]c1Cc1ccc(Cl)cc1. The Morgan fingerprint density at radius 3 is 1.11 bits per heavy atom. The van der Waals surface area contributed by atoms with E-state index in [1.807, 2.05) is 201 Å². The average Bonchev–Trinajstić information content (AvgIpc) is 1.38. The summed E-state index contributed by atoms with van der Waals surface area (Å²) in [5.41, 5.74) is 17.0. The van der Waals surface area contributed by atoms with Crippen LogP contribution in [0.5, 0.6) is 11.5 Å². The summed E-state index contributed by atoms with van der Waals surface area (Å²) < 4.78 is 29.6. The number of benzene rings is 10. The van der Waals surface area contributed by atoms with E-state index in [1.165, 1.54) is 36.2 Å². The van der Waals surface area contributed by atoms with Crippen LogP contribution < -0.4 is 9.47 Å². The van der Waals surface area contributed by atoms with Crippen LogP contribution in [0.4, 0.5) is 39.2 Å². The Morgan fingerprint density at radius 2 is 0.754 bits per heavy atom. The van der Waals surface area contributed by atoms with Crippen LogP contribution in [-0.2, 0) is 43.4 Å². The Morgan fingerprint density at radius 1 is 0.429 bits per heavy atom. The lowest BCUT2D eigenvalue weighted by Crippen LogP contribution is -2.13. The van der Waals surface area contributed by atoms with E-state index in [0.717, 1.165) is 67.3 Å². The van der Waals surface area contributed by atoms with E-state index in [-0.39, 0.29) is 30.7 Å². The standard InChI is InChI=1S/C20H15FN4O2.C19H14ClN5O2.C19H15ClN4O.C19H15ClN4.C18H13ClN4/c21-16-7-14(19-15(8-16)11-26-12-27-19)10-23-20-17(9-22)18(24-25-20)6-13-4-2-1-3-5-13;1-12-2-3-14(9-18(12)25(26)27)11-22-19-16(10-21)17(23-24-19)8-13-4-6-15(20)7-5-13;1-25-16-8-4-14(5-9-16)12-22-19-17(11-21)18(23-24-19)10-13-2-6-15(20)7-3-13;1-13-2-4-15(5-3-13)12-22-19-17(11-21)18(23-24-19)10-14-6-8-16(20)9-7-14;19-15-8-6-13(7-9-15)10-17-16(11-20)18(23-22-17)21-12-14-4-2-1-3-5-14/h1-5,7-8,10H,6,11-12H2,(H,24,25);2-7,9,11H,8H2,1H3,(H,23,24);2-9,12H,10H2,1H3,(H,23,24);2-9,12H,10H2,1H3,(H,23,24);1-9,12H,10H2,(H,22,23). The fourth-order valence-corrected chi connectivity index (χ4v) is 12.8. The van der Waals surface area contributed by atoms with Gasteiger partial charge in [-0.05, 0) is 149 Å². The molecule has 0 spiro atoms. The number of halogens is 5. The van der Waals surface area contributed by atoms with Crippen molar-refractivity contribution < 1.29 is 23.5 Å². The normalized spacial score (nSPS) is 11.3. The molecule has 0 atom stereocenters. The molecule has 0 saturated carbocycles. The van der Waals surface area contributed by atoms with E-state index in [1.54, 1.807) is 56.9 Å². The van der Waals surface area contributed by atoms with Crippen LogP contribution in [0.1, 0.15) is 129 Å². The van der Waals surface area contributed by atoms with Gasteiger partial charge in [0, 0.05) is 106 Å². The van der Waals surface area contributed by atoms with Crippen LogP contribution in [0.25, 0.3) is 0 Å². The first-order valence-electron chi connectivity index (χ1n) is 38.5. The summed E-state index contributed by atoms with van der Waals surface area (Å²) in [6.45, 7) is 4.09. The zero-order valence-electron chi connectivity index (χ0n) is 67.4. The molecule has 1 aliphatic heterocycles. The van der Waals surface area contributed by atoms with Crippen LogP contribution in [0, 0.1) is 86.4 Å². The topological polar surface area (TPSA) is 395 Å². The highest BCUT2D eigenvalue weighted by Gasteiger charge is 2.21. The molecule has 16 rings (SSSR count). The first-order chi connectivity index (χ1) is 61.3. The van der Waals surface area contributed by atoms with E-state index < -0.39 is 10.7 Å². The third kappa shape index (κ3) is 25.1. The van der Waals surface area contributed by atoms with Gasteiger partial charge in [0.25, 0.3) is 5.69 Å². The molecule has 0 bridgehead atoms. The van der Waals surface area contributed by atoms with E-state index in [9.17, 15) is 40.8 Å². The second-order valence-corrected chi connectivity index (χ2v) is 29.5. The number of aromatic nitrogens is 10. The number of ether oxygens (including phenoxy) is 3. The number of nitrogens with one attached hydrogen (secondary N) is 5. The predicted molar refractivity (Wildman–Crippen MR) is 484 cm³/mol. The molecule has 5 aromatic heterocycles. The van der Waals surface area contributed by atoms with Crippen LogP contribution in [-0.4, -0.2) is 101 Å². The Kier molecular flexibility index (Phi) is 31.6. The van der Waals surface area contributed by atoms with Gasteiger partial charge in [-0.25, -0.2) is 29.4 Å². The Bertz CT molecular complexity index is 6660. The first-order valence-corrected chi connectivity index (χ1v) is 40.0. The van der Waals surface area contributed by atoms with Gasteiger partial charge in [-0.3, -0.25) is 35.6 Å². The smallest absolute Gasteiger partial charge is 0.272 e. The van der Waals surface area contributed by atoms with Crippen molar-refractivity contribution in [2.75, 3.05) is 13.9 Å². The third-order valence-electron chi connectivity index (χ3n) is 18.9. The van der Waals surface area contributed by atoms with Crippen LogP contribution in [0.3, 0.4) is 0 Å². The summed E-state index contributed by atoms with van der Waals surface area (Å²) in [6, 6.07) is 83.0. The van der Waals surface area contributed by atoms with Crippen molar-refractivity contribution in [1.82, 2.24) is 51.0 Å². The van der Waals surface area contributed by atoms with Gasteiger partial charge in [-0.2, -0.15) is 51.8 Å². The van der Waals surface area contributed by atoms with Gasteiger partial charge < -0.3 is 14.2 Å². The van der Waals surface area contributed by atoms with Gasteiger partial charge in [0.15, 0.2) is 35.9 Å². The molecule has 0 unspecified atom stereocenters. The van der Waals surface area contributed by atoms with Crippen molar-refractivity contribution in [3.05, 3.63) is 401 Å². The monoisotopic (exact) mass is 1750 g/mol. The molecule has 26 nitrogen and oxygen atoms in total. The zero-order chi connectivity index (χ0) is 88.7. The lowest BCUT2D eigenvalue weighted by atomic mass is 10.1. The van der Waals surface area contributed by atoms with Gasteiger partial charge in [-0.1, -0.05) is 198 Å². The molecule has 622 valence electrons. The van der Waals surface area contributed by atoms with Gasteiger partial charge in [0.05, 0.1) is 47.1 Å². The number of nitro benzene ring substituents is 1. The molecule has 31 heteroatoms. The highest BCUT2D eigenvalue weighted by atomic mass is 35.5. The number of nitrogens with zero attached hydrogens (tertiary/aromatic N) is 16. The van der Waals surface area contributed by atoms with Gasteiger partial charge in [0.2, 0.25) is 0 Å². The molecule has 5 N–H and O–H groups in total. The highest BCUT2D eigenvalue weighted by molar-refractivity contribution is 6.31. The maximum absolute atomic E-state index is 13.8. The van der Waals surface area contributed by atoms with Crippen molar-refractivity contribution >= 4 is 112 Å². The van der Waals surface area contributed by atoms with Gasteiger partial charge >= 0.3 is 0 Å². The van der Waals surface area contributed by atoms with Crippen molar-refractivity contribution in [3.63, 3.8) is 0 Å². The molecule has 15 aromatic rings. The lowest BCUT2D eigenvalue weighted by molar-refractivity contribution is -0.385. The molecule has 10 aromatic carbocycles. The summed E-state index contributed by atoms with van der Waals surface area (Å²) in [6.07, 6.45) is 10.7. The number of aliphatic imine (C=N–C) groups is 5. The maximum Gasteiger partial charge on any atom is 0.272 e. The summed E-state index contributed by atoms with van der Waals surface area (Å²) >= 11 is 23.6. The molecule has 6 heterocycles. The number of H-pyrrole nitrogens is 5. The fraction of sp³-hybridized carbons (Fsp3) is 0.105. The number of aryl methyl sites for hydroxylation is 2. The molecule has 0 radical (unpaired) electrons. The highest BCUT2D eigenvalue weighted by Crippen LogP contribution is 2.32. The molecule has 0 saturated heterocycles. The molecular weight excluding hydrogens is 1680 g/mol. The van der Waals surface area contributed by atoms with Crippen molar-refractivity contribution in [1.29, 1.82) is 26.3 Å². The molecule has 0 amide bonds. The maximum atomic E-state index is 13.8. The number of nitriles is 5. The molecule has 1 aliphatic rings.